The highest BCUT2D eigenvalue weighted by atomic mass is 16.7. The number of anilines is 1. The smallest absolute Gasteiger partial charge is 0.303 e. The van der Waals surface area contributed by atoms with Crippen LogP contribution < -0.4 is 14.4 Å². The Labute approximate surface area is 184 Å². The predicted octanol–water partition coefficient (Wildman–Crippen LogP) is 3.22. The number of aliphatic carboxylic acids is 1. The molecule has 0 amide bonds. The molecule has 4 rings (SSSR count). The molecule has 31 heavy (non-hydrogen) atoms. The van der Waals surface area contributed by atoms with Gasteiger partial charge in [-0.3, -0.25) is 9.69 Å². The number of carboxylic acids is 1. The van der Waals surface area contributed by atoms with E-state index in [-0.39, 0.29) is 18.9 Å². The number of methoxy groups -OCH3 is 1. The molecule has 0 aromatic heterocycles. The van der Waals surface area contributed by atoms with Crippen molar-refractivity contribution in [2.75, 3.05) is 38.8 Å². The molecule has 2 fully saturated rings. The third-order valence-corrected chi connectivity index (χ3v) is 6.47. The molecule has 3 unspecified atom stereocenters. The minimum absolute atomic E-state index is 0.0844. The summed E-state index contributed by atoms with van der Waals surface area (Å²) in [5.41, 5.74) is 2.24. The zero-order valence-electron chi connectivity index (χ0n) is 18.5. The minimum atomic E-state index is -0.817. The summed E-state index contributed by atoms with van der Waals surface area (Å²) in [5.74, 6) is 0.490. The summed E-state index contributed by atoms with van der Waals surface area (Å²) < 4.78 is 23.9. The van der Waals surface area contributed by atoms with E-state index in [1.54, 1.807) is 7.11 Å². The molecule has 1 aromatic carbocycles. The summed E-state index contributed by atoms with van der Waals surface area (Å²) >= 11 is 0. The Morgan fingerprint density at radius 1 is 1.23 bits per heavy atom. The number of carboxylic acid groups (broad SMARTS) is 1. The van der Waals surface area contributed by atoms with E-state index in [9.17, 15) is 4.79 Å². The zero-order valence-corrected chi connectivity index (χ0v) is 18.5. The third-order valence-electron chi connectivity index (χ3n) is 6.47. The lowest BCUT2D eigenvalue weighted by Gasteiger charge is -2.38. The van der Waals surface area contributed by atoms with E-state index in [0.29, 0.717) is 30.6 Å². The Morgan fingerprint density at radius 2 is 2.10 bits per heavy atom. The molecular weight excluding hydrogens is 400 g/mol. The van der Waals surface area contributed by atoms with Gasteiger partial charge >= 0.3 is 5.97 Å². The van der Waals surface area contributed by atoms with Gasteiger partial charge in [-0.2, -0.15) is 0 Å². The molecule has 2 saturated heterocycles. The van der Waals surface area contributed by atoms with Crippen LogP contribution in [0.25, 0.3) is 0 Å². The number of hydrogen-bond acceptors (Lipinski definition) is 7. The van der Waals surface area contributed by atoms with Gasteiger partial charge in [0.1, 0.15) is 6.23 Å². The third kappa shape index (κ3) is 5.07. The minimum Gasteiger partial charge on any atom is -0.493 e. The first-order chi connectivity index (χ1) is 15.1. The SMILES string of the molecule is COc1cc2c(cc1OCCCC(=O)O)N(C)C(OC1CCCCO1)C1CCCN1C2. The van der Waals surface area contributed by atoms with Crippen LogP contribution in [0.5, 0.6) is 11.5 Å². The number of fused-ring (bicyclic) bond motifs is 2. The number of benzene rings is 1. The van der Waals surface area contributed by atoms with E-state index in [0.717, 1.165) is 51.1 Å². The quantitative estimate of drug-likeness (QED) is 0.625. The normalized spacial score (nSPS) is 26.1. The second-order valence-corrected chi connectivity index (χ2v) is 8.59. The van der Waals surface area contributed by atoms with Crippen LogP contribution in [0.15, 0.2) is 12.1 Å². The van der Waals surface area contributed by atoms with E-state index >= 15 is 0 Å². The number of carbonyl (C=O) groups is 1. The van der Waals surface area contributed by atoms with Crippen molar-refractivity contribution in [2.24, 2.45) is 0 Å². The van der Waals surface area contributed by atoms with Crippen LogP contribution in [0.3, 0.4) is 0 Å². The van der Waals surface area contributed by atoms with Gasteiger partial charge in [0.2, 0.25) is 0 Å². The van der Waals surface area contributed by atoms with Crippen LogP contribution >= 0.6 is 0 Å². The molecule has 3 aliphatic rings. The highest BCUT2D eigenvalue weighted by Crippen LogP contribution is 2.41. The molecule has 8 nitrogen and oxygen atoms in total. The van der Waals surface area contributed by atoms with Crippen molar-refractivity contribution in [1.82, 2.24) is 4.90 Å². The number of ether oxygens (including phenoxy) is 4. The van der Waals surface area contributed by atoms with Gasteiger partial charge in [-0.25, -0.2) is 0 Å². The largest absolute Gasteiger partial charge is 0.493 e. The zero-order chi connectivity index (χ0) is 21.8. The van der Waals surface area contributed by atoms with Crippen LogP contribution in [0.4, 0.5) is 5.69 Å². The van der Waals surface area contributed by atoms with Gasteiger partial charge in [0.05, 0.1) is 19.8 Å². The Balaban J connectivity index is 1.58. The van der Waals surface area contributed by atoms with Gasteiger partial charge in [0.15, 0.2) is 17.8 Å². The standard InChI is InChI=1S/C23H34N2O6/c1-24-18-14-20(29-12-6-8-21(26)27)19(28-2)13-16(18)15-25-10-5-7-17(25)23(24)31-22-9-3-4-11-30-22/h13-14,17,22-23H,3-12,15H2,1-2H3,(H,26,27). The molecule has 0 spiro atoms. The van der Waals surface area contributed by atoms with Gasteiger partial charge in [-0.05, 0) is 56.7 Å². The molecule has 8 heteroatoms. The van der Waals surface area contributed by atoms with Crippen LogP contribution in [0, 0.1) is 0 Å². The average molecular weight is 435 g/mol. The Morgan fingerprint density at radius 3 is 2.84 bits per heavy atom. The predicted molar refractivity (Wildman–Crippen MR) is 116 cm³/mol. The van der Waals surface area contributed by atoms with Crippen molar-refractivity contribution in [3.05, 3.63) is 17.7 Å². The molecule has 3 heterocycles. The van der Waals surface area contributed by atoms with Gasteiger partial charge < -0.3 is 29.0 Å². The summed E-state index contributed by atoms with van der Waals surface area (Å²) in [4.78, 5) is 15.5. The molecule has 1 N–H and O–H groups in total. The van der Waals surface area contributed by atoms with Gasteiger partial charge in [-0.15, -0.1) is 0 Å². The first-order valence-corrected chi connectivity index (χ1v) is 11.4. The van der Waals surface area contributed by atoms with E-state index in [4.69, 9.17) is 24.1 Å². The maximum absolute atomic E-state index is 10.8. The molecule has 3 atom stereocenters. The van der Waals surface area contributed by atoms with Crippen LogP contribution in [0.2, 0.25) is 0 Å². The fourth-order valence-electron chi connectivity index (χ4n) is 4.87. The van der Waals surface area contributed by atoms with Gasteiger partial charge in [0, 0.05) is 38.4 Å². The maximum Gasteiger partial charge on any atom is 0.303 e. The van der Waals surface area contributed by atoms with Crippen LogP contribution in [0.1, 0.15) is 50.5 Å². The van der Waals surface area contributed by atoms with Crippen molar-refractivity contribution in [2.45, 2.75) is 70.1 Å². The molecule has 0 bridgehead atoms. The molecule has 0 saturated carbocycles. The second kappa shape index (κ2) is 10.1. The fraction of sp³-hybridized carbons (Fsp3) is 0.696. The van der Waals surface area contributed by atoms with Crippen LogP contribution in [-0.2, 0) is 20.8 Å². The molecule has 0 aliphatic carbocycles. The molecule has 0 radical (unpaired) electrons. The summed E-state index contributed by atoms with van der Waals surface area (Å²) in [7, 11) is 3.71. The van der Waals surface area contributed by atoms with Crippen LogP contribution in [-0.4, -0.2) is 68.5 Å². The molecule has 172 valence electrons. The number of hydrogen-bond donors (Lipinski definition) is 1. The average Bonchev–Trinajstić information content (AvgIpc) is 3.19. The topological polar surface area (TPSA) is 80.7 Å². The summed E-state index contributed by atoms with van der Waals surface area (Å²) in [5, 5.41) is 8.86. The first kappa shape index (κ1) is 22.2. The van der Waals surface area contributed by atoms with Gasteiger partial charge in [0.25, 0.3) is 0 Å². The van der Waals surface area contributed by atoms with E-state index < -0.39 is 5.97 Å². The monoisotopic (exact) mass is 434 g/mol. The van der Waals surface area contributed by atoms with Crippen molar-refractivity contribution >= 4 is 11.7 Å². The Kier molecular flexibility index (Phi) is 7.20. The van der Waals surface area contributed by atoms with E-state index in [1.165, 1.54) is 12.0 Å². The fourth-order valence-corrected chi connectivity index (χ4v) is 4.87. The maximum atomic E-state index is 10.8. The summed E-state index contributed by atoms with van der Waals surface area (Å²) in [6.45, 7) is 2.98. The molecule has 3 aliphatic heterocycles. The van der Waals surface area contributed by atoms with Crippen molar-refractivity contribution in [3.63, 3.8) is 0 Å². The summed E-state index contributed by atoms with van der Waals surface area (Å²) in [6, 6.07) is 4.37. The van der Waals surface area contributed by atoms with Crippen molar-refractivity contribution in [3.8, 4) is 11.5 Å². The Bertz CT molecular complexity index is 767. The van der Waals surface area contributed by atoms with Gasteiger partial charge in [-0.1, -0.05) is 0 Å². The number of nitrogens with zero attached hydrogens (tertiary/aromatic N) is 2. The summed E-state index contributed by atoms with van der Waals surface area (Å²) in [6.07, 6.45) is 5.72. The highest BCUT2D eigenvalue weighted by Gasteiger charge is 2.40. The van der Waals surface area contributed by atoms with E-state index in [2.05, 4.69) is 16.8 Å². The molecular formula is C23H34N2O6. The second-order valence-electron chi connectivity index (χ2n) is 8.59. The van der Waals surface area contributed by atoms with E-state index in [1.807, 2.05) is 12.1 Å². The lowest BCUT2D eigenvalue weighted by molar-refractivity contribution is -0.197. The van der Waals surface area contributed by atoms with Crippen molar-refractivity contribution in [1.29, 1.82) is 0 Å². The first-order valence-electron chi connectivity index (χ1n) is 11.4. The Hall–Kier alpha value is -2.03. The van der Waals surface area contributed by atoms with Crippen molar-refractivity contribution < 1.29 is 28.8 Å². The lowest BCUT2D eigenvalue weighted by Crippen LogP contribution is -2.49. The lowest BCUT2D eigenvalue weighted by atomic mass is 10.1. The number of likely N-dealkylation sites (N-methyl/N-ethyl adjacent to an activating group) is 1. The molecule has 1 aromatic rings. The number of rotatable bonds is 8. The highest BCUT2D eigenvalue weighted by molar-refractivity contribution is 5.66.